The summed E-state index contributed by atoms with van der Waals surface area (Å²) in [5.41, 5.74) is -7.56. The Morgan fingerprint density at radius 3 is 1.12 bits per heavy atom. The summed E-state index contributed by atoms with van der Waals surface area (Å²) in [4.78, 5) is 0. The van der Waals surface area contributed by atoms with E-state index in [1.165, 1.54) is 32.1 Å². The van der Waals surface area contributed by atoms with E-state index in [1.807, 2.05) is 105 Å². The van der Waals surface area contributed by atoms with Crippen LogP contribution in [0.5, 0.6) is 0 Å². The fraction of sp³-hybridized carbons (Fsp3) is 0.164. The Morgan fingerprint density at radius 1 is 0.481 bits per heavy atom. The van der Waals surface area contributed by atoms with E-state index in [-0.39, 0.29) is 48.7 Å². The summed E-state index contributed by atoms with van der Waals surface area (Å²) in [6.07, 6.45) is -0.130. The molecule has 1 nitrogen and oxygen atoms in total. The standard InChI is InChI=1S/C41H27F12P2.C7H9.C5H5.C2H3N.BF4.Fe.Ru/c1-25(34-16-10-17-35(34)36-15-8-9-18-37(36)55(30-11-4-2-5-12-30)31-13-6-3-7-14-31)54(32-21-26(38(42,43)44)19-27(22-32)39(45,46)47)33-23-28(40(48,49)50)20-29(24-33)41(51,52)53;1-6-3-4-7(2)5-6;1-2-4-5-3-1;1-2-3;2-1(3,4)5;;/h2-25H,1H3;3-5H,1-2H3;1-5H;1H3;;;/q;;;;-1;2*+2/t25-;;;;;;/m0....../s1. The second-order valence-corrected chi connectivity index (χ2v) is 20.9. The van der Waals surface area contributed by atoms with E-state index in [4.69, 9.17) is 5.26 Å². The van der Waals surface area contributed by atoms with E-state index in [9.17, 15) is 69.9 Å². The molecule has 0 saturated heterocycles. The molecule has 5 aromatic carbocycles. The van der Waals surface area contributed by atoms with E-state index < -0.39 is 86.3 Å². The summed E-state index contributed by atoms with van der Waals surface area (Å²) in [6.45, 7) is 7.03. The van der Waals surface area contributed by atoms with Gasteiger partial charge in [0.05, 0.1) is 28.3 Å². The summed E-state index contributed by atoms with van der Waals surface area (Å²) >= 11 is 0. The van der Waals surface area contributed by atoms with Crippen molar-refractivity contribution in [2.75, 3.05) is 0 Å². The Labute approximate surface area is 466 Å². The van der Waals surface area contributed by atoms with Gasteiger partial charge >= 0.3 is 68.5 Å². The molecule has 0 heterocycles. The second-order valence-electron chi connectivity index (χ2n) is 16.1. The van der Waals surface area contributed by atoms with Crippen molar-refractivity contribution in [2.45, 2.75) is 58.1 Å². The Kier molecular flexibility index (Phi) is 28.0. The van der Waals surface area contributed by atoms with Crippen LogP contribution in [0.4, 0.5) is 69.9 Å². The first-order valence-corrected chi connectivity index (χ1v) is 24.9. The molecule has 0 aliphatic heterocycles. The van der Waals surface area contributed by atoms with Crippen molar-refractivity contribution >= 4 is 49.6 Å². The number of nitrogens with zero attached hydrogens (tertiary/aromatic N) is 1. The monoisotopic (exact) mass is 1250 g/mol. The minimum absolute atomic E-state index is 0. The molecule has 3 aliphatic rings. The smallest absolute Gasteiger partial charge is 0.418 e. The van der Waals surface area contributed by atoms with Gasteiger partial charge in [0.25, 0.3) is 0 Å². The maximum Gasteiger partial charge on any atom is 2.00 e. The zero-order chi connectivity index (χ0) is 55.9. The molecule has 5 aromatic rings. The first-order valence-electron chi connectivity index (χ1n) is 22.1. The number of rotatable bonds is 8. The number of benzene rings is 5. The molecule has 0 unspecified atom stereocenters. The van der Waals surface area contributed by atoms with Gasteiger partial charge < -0.3 is 17.3 Å². The molecule has 3 aliphatic carbocycles. The van der Waals surface area contributed by atoms with Crippen molar-refractivity contribution in [1.82, 2.24) is 0 Å². The molecule has 0 N–H and O–H groups in total. The maximum absolute atomic E-state index is 14.1. The van der Waals surface area contributed by atoms with E-state index in [1.54, 1.807) is 31.0 Å². The molecule has 3 saturated carbocycles. The molecule has 1 atom stereocenters. The molecule has 15 radical (unpaired) electrons. The fourth-order valence-electron chi connectivity index (χ4n) is 7.45. The summed E-state index contributed by atoms with van der Waals surface area (Å²) in [5.74, 6) is 3.50. The molecular weight excluding hydrogens is 1210 g/mol. The first kappa shape index (κ1) is 69.6. The van der Waals surface area contributed by atoms with Gasteiger partial charge in [0.1, 0.15) is 0 Å². The minimum Gasteiger partial charge on any atom is -0.418 e. The SMILES string of the molecule is CC#N.C[C@@H]([C]1[CH][CH][CH][C]1c1ccccc1P(c1ccccc1)c1ccccc1)P(c1cc(C(F)(F)F)cc(C(F)(F)F)c1)c1cc(C(F)(F)F)cc(C(F)(F)F)c1.C[C]1[CH][CH][C](C)[CH]1.F[B-](F)(F)F.[CH]1[CH][CH][CH][CH]1.[Fe+2].[Ru+2]. The third-order valence-corrected chi connectivity index (χ3v) is 15.7. The zero-order valence-electron chi connectivity index (χ0n) is 40.6. The van der Waals surface area contributed by atoms with E-state index in [0.717, 1.165) is 15.9 Å². The normalized spacial score (nSPS) is 16.0. The van der Waals surface area contributed by atoms with E-state index in [2.05, 4.69) is 33.1 Å². The van der Waals surface area contributed by atoms with Crippen molar-refractivity contribution < 1.29 is 106 Å². The van der Waals surface area contributed by atoms with Crippen LogP contribution in [0.2, 0.25) is 0 Å². The third-order valence-electron chi connectivity index (χ3n) is 10.5. The molecule has 407 valence electrons. The summed E-state index contributed by atoms with van der Waals surface area (Å²) in [6, 6.07) is 29.2. The number of hydrogen-bond acceptors (Lipinski definition) is 1. The van der Waals surface area contributed by atoms with Crippen LogP contribution >= 0.6 is 15.8 Å². The van der Waals surface area contributed by atoms with Crippen molar-refractivity contribution in [2.24, 2.45) is 0 Å². The van der Waals surface area contributed by atoms with Gasteiger partial charge in [-0.2, -0.15) is 57.9 Å². The minimum atomic E-state index is -6.00. The predicted octanol–water partition coefficient (Wildman–Crippen LogP) is 15.8. The number of nitriles is 1. The average molecular weight is 1250 g/mol. The first-order chi connectivity index (χ1) is 34.9. The summed E-state index contributed by atoms with van der Waals surface area (Å²) in [7, 11) is -10.1. The van der Waals surface area contributed by atoms with Crippen LogP contribution in [0.3, 0.4) is 0 Å². The van der Waals surface area contributed by atoms with Gasteiger partial charge in [0.2, 0.25) is 0 Å². The van der Waals surface area contributed by atoms with Crippen molar-refractivity contribution in [1.29, 1.82) is 5.26 Å². The molecular formula is C55H44BF16FeNP2Ru+3. The van der Waals surface area contributed by atoms with Gasteiger partial charge in [-0.1, -0.05) is 106 Å². The van der Waals surface area contributed by atoms with Crippen LogP contribution in [0, 0.1) is 106 Å². The zero-order valence-corrected chi connectivity index (χ0v) is 45.3. The molecule has 0 amide bonds. The van der Waals surface area contributed by atoms with Crippen molar-refractivity contribution in [3.8, 4) is 6.07 Å². The summed E-state index contributed by atoms with van der Waals surface area (Å²) < 4.78 is 209. The number of hydrogen-bond donors (Lipinski definition) is 0. The van der Waals surface area contributed by atoms with Crippen LogP contribution in [-0.2, 0) is 61.3 Å². The third kappa shape index (κ3) is 22.2. The van der Waals surface area contributed by atoms with Crippen molar-refractivity contribution in [3.63, 3.8) is 0 Å². The van der Waals surface area contributed by atoms with Gasteiger partial charge in [0, 0.05) is 12.8 Å². The van der Waals surface area contributed by atoms with Gasteiger partial charge in [0.15, 0.2) is 0 Å². The number of halogens is 16. The van der Waals surface area contributed by atoms with Crippen LogP contribution in [0.25, 0.3) is 0 Å². The van der Waals surface area contributed by atoms with Crippen molar-refractivity contribution in [3.05, 3.63) is 243 Å². The fourth-order valence-corrected chi connectivity index (χ4v) is 12.7. The topological polar surface area (TPSA) is 23.8 Å². The average Bonchev–Trinajstić information content (AvgIpc) is 4.14. The second kappa shape index (κ2) is 30.9. The molecule has 77 heavy (non-hydrogen) atoms. The molecule has 0 aromatic heterocycles. The van der Waals surface area contributed by atoms with Crippen LogP contribution in [0.15, 0.2) is 121 Å². The Morgan fingerprint density at radius 2 is 0.805 bits per heavy atom. The maximum atomic E-state index is 14.1. The van der Waals surface area contributed by atoms with E-state index in [0.29, 0.717) is 41.7 Å². The van der Waals surface area contributed by atoms with Crippen LogP contribution in [-0.4, -0.2) is 12.9 Å². The quantitative estimate of drug-likeness (QED) is 0.0863. The van der Waals surface area contributed by atoms with Gasteiger partial charge in [-0.25, -0.2) is 0 Å². The van der Waals surface area contributed by atoms with Crippen LogP contribution < -0.4 is 26.5 Å². The predicted molar refractivity (Wildman–Crippen MR) is 266 cm³/mol. The van der Waals surface area contributed by atoms with Gasteiger partial charge in [-0.15, -0.1) is 0 Å². The van der Waals surface area contributed by atoms with Crippen LogP contribution in [0.1, 0.15) is 55.5 Å². The largest absolute Gasteiger partial charge is 2.00 e. The van der Waals surface area contributed by atoms with Gasteiger partial charge in [-0.05, 0) is 178 Å². The number of alkyl halides is 12. The molecule has 0 spiro atoms. The summed E-state index contributed by atoms with van der Waals surface area (Å²) in [5, 5.41) is 8.64. The Bertz CT molecular complexity index is 2370. The molecule has 0 bridgehead atoms. The van der Waals surface area contributed by atoms with E-state index >= 15 is 0 Å². The molecule has 3 fully saturated rings. The molecule has 8 rings (SSSR count). The van der Waals surface area contributed by atoms with Gasteiger partial charge in [-0.3, -0.25) is 0 Å². The Balaban J connectivity index is 0.000000775. The Hall–Kier alpha value is -3.46. The molecule has 22 heteroatoms.